The van der Waals surface area contributed by atoms with E-state index in [9.17, 15) is 19.8 Å². The molecule has 1 fully saturated rings. The van der Waals surface area contributed by atoms with E-state index in [0.29, 0.717) is 12.2 Å². The normalized spacial score (nSPS) is 24.6. The number of rotatable bonds is 7. The van der Waals surface area contributed by atoms with Gasteiger partial charge in [0.2, 0.25) is 0 Å². The van der Waals surface area contributed by atoms with Crippen LogP contribution in [0, 0.1) is 12.8 Å². The highest BCUT2D eigenvalue weighted by molar-refractivity contribution is 6.08. The molecule has 3 rings (SSSR count). The largest absolute Gasteiger partial charge is 0.462 e. The number of amides is 1. The van der Waals surface area contributed by atoms with Gasteiger partial charge in [-0.2, -0.15) is 0 Å². The molecule has 1 aliphatic heterocycles. The molecule has 8 N–H and O–H groups in total. The molecule has 2 aromatic rings. The number of fused-ring (bicyclic) bond motifs is 1. The summed E-state index contributed by atoms with van der Waals surface area (Å²) < 4.78 is 12.3. The van der Waals surface area contributed by atoms with Gasteiger partial charge in [0, 0.05) is 6.20 Å². The van der Waals surface area contributed by atoms with Crippen molar-refractivity contribution in [3.05, 3.63) is 17.6 Å². The van der Waals surface area contributed by atoms with Gasteiger partial charge in [0.05, 0.1) is 10.9 Å². The van der Waals surface area contributed by atoms with Crippen molar-refractivity contribution in [1.29, 1.82) is 0 Å². The molecule has 1 amide bonds. The molecule has 1 unspecified atom stereocenters. The van der Waals surface area contributed by atoms with Crippen LogP contribution in [0.4, 0.5) is 5.82 Å². The number of primary amides is 1. The topological polar surface area (TPSA) is 202 Å². The summed E-state index contributed by atoms with van der Waals surface area (Å²) >= 11 is 0. The Kier molecular flexibility index (Phi) is 6.46. The second-order valence-electron chi connectivity index (χ2n) is 8.08. The zero-order valence-electron chi connectivity index (χ0n) is 17.6. The number of aromatic nitrogens is 3. The SMILES string of the molecule is Cc1nc(N)c2c(C(N)=O)cn(C3O[C@H](COC(=O)[C@@H](N)CC(C)C)[C@@H](O)[C@H]3O)c2n1. The van der Waals surface area contributed by atoms with Gasteiger partial charge < -0.3 is 41.5 Å². The maximum atomic E-state index is 12.1. The zero-order valence-corrected chi connectivity index (χ0v) is 17.6. The molecule has 12 nitrogen and oxygen atoms in total. The van der Waals surface area contributed by atoms with E-state index in [1.165, 1.54) is 10.8 Å². The van der Waals surface area contributed by atoms with Gasteiger partial charge >= 0.3 is 5.97 Å². The summed E-state index contributed by atoms with van der Waals surface area (Å²) in [5.74, 6) is -0.797. The molecule has 1 saturated heterocycles. The Balaban J connectivity index is 1.84. The van der Waals surface area contributed by atoms with Crippen LogP contribution in [0.3, 0.4) is 0 Å². The Morgan fingerprint density at radius 1 is 1.29 bits per heavy atom. The van der Waals surface area contributed by atoms with Crippen LogP contribution < -0.4 is 17.2 Å². The number of carbonyl (C=O) groups excluding carboxylic acids is 2. The van der Waals surface area contributed by atoms with E-state index in [4.69, 9.17) is 26.7 Å². The molecule has 0 spiro atoms. The Bertz CT molecular complexity index is 992. The van der Waals surface area contributed by atoms with E-state index >= 15 is 0 Å². The number of esters is 1. The highest BCUT2D eigenvalue weighted by atomic mass is 16.6. The van der Waals surface area contributed by atoms with Gasteiger partial charge in [-0.3, -0.25) is 9.59 Å². The molecular weight excluding hydrogens is 408 g/mol. The molecule has 0 radical (unpaired) electrons. The lowest BCUT2D eigenvalue weighted by atomic mass is 10.1. The van der Waals surface area contributed by atoms with Crippen LogP contribution in [0.15, 0.2) is 6.20 Å². The Hall–Kier alpha value is -2.80. The fourth-order valence-corrected chi connectivity index (χ4v) is 3.64. The number of carbonyl (C=O) groups is 2. The van der Waals surface area contributed by atoms with E-state index in [2.05, 4.69) is 9.97 Å². The summed E-state index contributed by atoms with van der Waals surface area (Å²) in [6, 6.07) is -0.798. The van der Waals surface area contributed by atoms with Gasteiger partial charge in [-0.15, -0.1) is 0 Å². The molecule has 12 heteroatoms. The molecule has 170 valence electrons. The Labute approximate surface area is 178 Å². The van der Waals surface area contributed by atoms with E-state index in [1.807, 2.05) is 13.8 Å². The second kappa shape index (κ2) is 8.75. The third-order valence-corrected chi connectivity index (χ3v) is 5.11. The first kappa shape index (κ1) is 22.9. The lowest BCUT2D eigenvalue weighted by Crippen LogP contribution is -2.38. The van der Waals surface area contributed by atoms with E-state index < -0.39 is 42.5 Å². The highest BCUT2D eigenvalue weighted by Gasteiger charge is 2.45. The average Bonchev–Trinajstić information content (AvgIpc) is 3.18. The lowest BCUT2D eigenvalue weighted by molar-refractivity contribution is -0.152. The van der Waals surface area contributed by atoms with Crippen LogP contribution in [0.5, 0.6) is 0 Å². The molecule has 2 aromatic heterocycles. The van der Waals surface area contributed by atoms with Crippen LogP contribution in [-0.2, 0) is 14.3 Å². The van der Waals surface area contributed by atoms with Crippen molar-refractivity contribution in [2.45, 2.75) is 57.8 Å². The average molecular weight is 436 g/mol. The summed E-state index contributed by atoms with van der Waals surface area (Å²) in [5.41, 5.74) is 17.5. The quantitative estimate of drug-likeness (QED) is 0.333. The maximum absolute atomic E-state index is 12.1. The van der Waals surface area contributed by atoms with Gasteiger partial charge in [-0.25, -0.2) is 9.97 Å². The fraction of sp³-hybridized carbons (Fsp3) is 0.579. The maximum Gasteiger partial charge on any atom is 0.323 e. The smallest absolute Gasteiger partial charge is 0.323 e. The van der Waals surface area contributed by atoms with Crippen LogP contribution >= 0.6 is 0 Å². The van der Waals surface area contributed by atoms with Crippen molar-refractivity contribution in [2.75, 3.05) is 12.3 Å². The number of ether oxygens (including phenoxy) is 2. The van der Waals surface area contributed by atoms with Crippen molar-refractivity contribution >= 4 is 28.7 Å². The summed E-state index contributed by atoms with van der Waals surface area (Å²) in [7, 11) is 0. The molecular formula is C19H28N6O6. The summed E-state index contributed by atoms with van der Waals surface area (Å²) in [5, 5.41) is 21.2. The number of nitrogens with two attached hydrogens (primary N) is 3. The third-order valence-electron chi connectivity index (χ3n) is 5.11. The molecule has 31 heavy (non-hydrogen) atoms. The van der Waals surface area contributed by atoms with Gasteiger partial charge in [-0.05, 0) is 19.3 Å². The second-order valence-corrected chi connectivity index (χ2v) is 8.08. The first-order valence-corrected chi connectivity index (χ1v) is 9.89. The molecule has 0 bridgehead atoms. The van der Waals surface area contributed by atoms with Crippen LogP contribution in [0.25, 0.3) is 11.0 Å². The lowest BCUT2D eigenvalue weighted by Gasteiger charge is -2.18. The highest BCUT2D eigenvalue weighted by Crippen LogP contribution is 2.35. The number of nitrogen functional groups attached to an aromatic ring is 1. The minimum atomic E-state index is -1.40. The van der Waals surface area contributed by atoms with E-state index in [-0.39, 0.29) is 34.9 Å². The van der Waals surface area contributed by atoms with Crippen molar-refractivity contribution < 1.29 is 29.3 Å². The van der Waals surface area contributed by atoms with Crippen molar-refractivity contribution in [2.24, 2.45) is 17.4 Å². The van der Waals surface area contributed by atoms with Crippen LogP contribution in [-0.4, -0.2) is 67.6 Å². The van der Waals surface area contributed by atoms with Gasteiger partial charge in [0.15, 0.2) is 6.23 Å². The molecule has 0 aromatic carbocycles. The van der Waals surface area contributed by atoms with Gasteiger partial charge in [0.25, 0.3) is 5.91 Å². The van der Waals surface area contributed by atoms with Crippen molar-refractivity contribution in [3.63, 3.8) is 0 Å². The Morgan fingerprint density at radius 3 is 2.58 bits per heavy atom. The number of anilines is 1. The molecule has 1 aliphatic rings. The van der Waals surface area contributed by atoms with E-state index in [1.54, 1.807) is 6.92 Å². The predicted octanol–water partition coefficient (Wildman–Crippen LogP) is -1.04. The molecule has 3 heterocycles. The summed E-state index contributed by atoms with van der Waals surface area (Å²) in [4.78, 5) is 32.3. The van der Waals surface area contributed by atoms with Crippen LogP contribution in [0.2, 0.25) is 0 Å². The molecule has 0 saturated carbocycles. The van der Waals surface area contributed by atoms with E-state index in [0.717, 1.165) is 0 Å². The monoisotopic (exact) mass is 436 g/mol. The number of aliphatic hydroxyl groups excluding tert-OH is 2. The standard InChI is InChI=1S/C19H28N6O6/c1-7(2)4-10(20)19(29)30-6-11-13(26)14(27)18(31-11)25-5-9(16(22)28)12-15(21)23-8(3)24-17(12)25/h5,7,10-11,13-14,18,26-27H,4,6,20H2,1-3H3,(H2,22,28)(H2,21,23,24)/t10-,11+,13+,14+,18?/m0/s1. The van der Waals surface area contributed by atoms with Gasteiger partial charge in [-0.1, -0.05) is 13.8 Å². The Morgan fingerprint density at radius 2 is 1.97 bits per heavy atom. The summed E-state index contributed by atoms with van der Waals surface area (Å²) in [6.07, 6.45) is -3.14. The number of nitrogens with zero attached hydrogens (tertiary/aromatic N) is 3. The fourth-order valence-electron chi connectivity index (χ4n) is 3.64. The van der Waals surface area contributed by atoms with Crippen molar-refractivity contribution in [3.8, 4) is 0 Å². The summed E-state index contributed by atoms with van der Waals surface area (Å²) in [6.45, 7) is 5.16. The first-order chi connectivity index (χ1) is 14.5. The first-order valence-electron chi connectivity index (χ1n) is 9.89. The van der Waals surface area contributed by atoms with Crippen LogP contribution in [0.1, 0.15) is 42.7 Å². The third kappa shape index (κ3) is 4.46. The van der Waals surface area contributed by atoms with Gasteiger partial charge in [0.1, 0.15) is 48.3 Å². The minimum absolute atomic E-state index is 0.0485. The molecule has 0 aliphatic carbocycles. The number of aliphatic hydroxyl groups is 2. The number of hydrogen-bond acceptors (Lipinski definition) is 10. The molecule has 5 atom stereocenters. The predicted molar refractivity (Wildman–Crippen MR) is 110 cm³/mol. The zero-order chi connectivity index (χ0) is 23.0. The minimum Gasteiger partial charge on any atom is -0.462 e. The number of hydrogen-bond donors (Lipinski definition) is 5. The number of aryl methyl sites for hydroxylation is 1. The van der Waals surface area contributed by atoms with Crippen molar-refractivity contribution in [1.82, 2.24) is 14.5 Å².